The average Bonchev–Trinajstić information content (AvgIpc) is 3.11. The Morgan fingerprint density at radius 2 is 2.05 bits per heavy atom. The van der Waals surface area contributed by atoms with Gasteiger partial charge in [-0.05, 0) is 12.8 Å². The number of aromatic nitrogens is 4. The summed E-state index contributed by atoms with van der Waals surface area (Å²) >= 11 is 1.54. The molecule has 0 atom stereocenters. The molecule has 22 heavy (non-hydrogen) atoms. The zero-order valence-electron chi connectivity index (χ0n) is 11.9. The van der Waals surface area contributed by atoms with E-state index in [9.17, 15) is 0 Å². The maximum atomic E-state index is 5.24. The van der Waals surface area contributed by atoms with Crippen molar-refractivity contribution in [2.45, 2.75) is 25.2 Å². The second-order valence-electron chi connectivity index (χ2n) is 5.28. The Labute approximate surface area is 131 Å². The summed E-state index contributed by atoms with van der Waals surface area (Å²) in [5.74, 6) is 2.07. The van der Waals surface area contributed by atoms with E-state index >= 15 is 0 Å². The normalized spacial score (nSPS) is 14.2. The van der Waals surface area contributed by atoms with Crippen molar-refractivity contribution in [1.82, 2.24) is 20.3 Å². The summed E-state index contributed by atoms with van der Waals surface area (Å²) in [7, 11) is 0. The van der Waals surface area contributed by atoms with Crippen LogP contribution in [0.5, 0.6) is 0 Å². The first-order valence-corrected chi connectivity index (χ1v) is 8.15. The standard InChI is InChI=1S/C15H15N5OS/c1-2-4-11(5-3-1)14-18-19-15(22-14)16-9-8-12-17-13(20-21-12)10-6-7-10/h1-5,10H,6-9H2,(H,16,19). The third kappa shape index (κ3) is 2.99. The van der Waals surface area contributed by atoms with Gasteiger partial charge in [0, 0.05) is 24.4 Å². The molecule has 1 aromatic carbocycles. The molecule has 0 amide bonds. The molecule has 2 heterocycles. The van der Waals surface area contributed by atoms with E-state index < -0.39 is 0 Å². The Bertz CT molecular complexity index is 750. The van der Waals surface area contributed by atoms with Gasteiger partial charge in [-0.3, -0.25) is 0 Å². The van der Waals surface area contributed by atoms with Crippen LogP contribution in [-0.4, -0.2) is 26.9 Å². The van der Waals surface area contributed by atoms with E-state index in [4.69, 9.17) is 4.52 Å². The number of benzene rings is 1. The van der Waals surface area contributed by atoms with Gasteiger partial charge in [0.1, 0.15) is 5.01 Å². The Balaban J connectivity index is 1.33. The molecule has 1 aliphatic rings. The lowest BCUT2D eigenvalue weighted by atomic mass is 10.2. The van der Waals surface area contributed by atoms with Crippen molar-refractivity contribution >= 4 is 16.5 Å². The molecule has 0 saturated heterocycles. The topological polar surface area (TPSA) is 76.7 Å². The number of hydrogen-bond acceptors (Lipinski definition) is 7. The third-order valence-corrected chi connectivity index (χ3v) is 4.42. The monoisotopic (exact) mass is 313 g/mol. The number of hydrogen-bond donors (Lipinski definition) is 1. The molecule has 112 valence electrons. The van der Waals surface area contributed by atoms with Gasteiger partial charge < -0.3 is 9.84 Å². The molecule has 1 fully saturated rings. The van der Waals surface area contributed by atoms with E-state index in [-0.39, 0.29) is 0 Å². The van der Waals surface area contributed by atoms with Crippen LogP contribution in [0.15, 0.2) is 34.9 Å². The lowest BCUT2D eigenvalue weighted by molar-refractivity contribution is 0.375. The maximum Gasteiger partial charge on any atom is 0.228 e. The Hall–Kier alpha value is -2.28. The number of nitrogens with one attached hydrogen (secondary N) is 1. The second-order valence-corrected chi connectivity index (χ2v) is 6.25. The molecule has 7 heteroatoms. The van der Waals surface area contributed by atoms with Crippen LogP contribution in [0.25, 0.3) is 10.6 Å². The molecule has 3 aromatic rings. The van der Waals surface area contributed by atoms with E-state index in [1.54, 1.807) is 11.3 Å². The first-order chi connectivity index (χ1) is 10.9. The minimum atomic E-state index is 0.530. The zero-order chi connectivity index (χ0) is 14.8. The van der Waals surface area contributed by atoms with E-state index in [0.717, 1.165) is 21.5 Å². The summed E-state index contributed by atoms with van der Waals surface area (Å²) in [5, 5.41) is 17.3. The van der Waals surface area contributed by atoms with Crippen LogP contribution in [0.4, 0.5) is 5.13 Å². The van der Waals surface area contributed by atoms with Gasteiger partial charge in [-0.2, -0.15) is 4.98 Å². The van der Waals surface area contributed by atoms with E-state index in [1.807, 2.05) is 30.3 Å². The molecule has 0 aliphatic heterocycles. The zero-order valence-corrected chi connectivity index (χ0v) is 12.7. The summed E-state index contributed by atoms with van der Waals surface area (Å²) in [6.45, 7) is 0.704. The average molecular weight is 313 g/mol. The highest BCUT2D eigenvalue weighted by atomic mass is 32.1. The van der Waals surface area contributed by atoms with Crippen molar-refractivity contribution in [1.29, 1.82) is 0 Å². The van der Waals surface area contributed by atoms with Gasteiger partial charge in [0.2, 0.25) is 11.0 Å². The van der Waals surface area contributed by atoms with Crippen molar-refractivity contribution in [3.05, 3.63) is 42.0 Å². The fraction of sp³-hybridized carbons (Fsp3) is 0.333. The largest absolute Gasteiger partial charge is 0.360 e. The number of rotatable bonds is 6. The quantitative estimate of drug-likeness (QED) is 0.753. The minimum Gasteiger partial charge on any atom is -0.360 e. The SMILES string of the molecule is c1ccc(-c2nnc(NCCc3nc(C4CC4)no3)s2)cc1. The molecule has 0 radical (unpaired) electrons. The van der Waals surface area contributed by atoms with Crippen LogP contribution in [0.2, 0.25) is 0 Å². The molecule has 4 rings (SSSR count). The van der Waals surface area contributed by atoms with Gasteiger partial charge in [0.05, 0.1) is 0 Å². The summed E-state index contributed by atoms with van der Waals surface area (Å²) in [6.07, 6.45) is 3.06. The molecular formula is C15H15N5OS. The molecule has 6 nitrogen and oxygen atoms in total. The fourth-order valence-electron chi connectivity index (χ4n) is 2.15. The maximum absolute atomic E-state index is 5.24. The van der Waals surface area contributed by atoms with Crippen molar-refractivity contribution in [2.24, 2.45) is 0 Å². The predicted molar refractivity (Wildman–Crippen MR) is 83.8 cm³/mol. The lowest BCUT2D eigenvalue weighted by Gasteiger charge is -1.97. The highest BCUT2D eigenvalue weighted by Crippen LogP contribution is 2.38. The minimum absolute atomic E-state index is 0.530. The van der Waals surface area contributed by atoms with Gasteiger partial charge in [0.25, 0.3) is 0 Å². The van der Waals surface area contributed by atoms with E-state index in [0.29, 0.717) is 24.8 Å². The third-order valence-electron chi connectivity index (χ3n) is 3.49. The van der Waals surface area contributed by atoms with Crippen molar-refractivity contribution in [3.8, 4) is 10.6 Å². The molecule has 1 N–H and O–H groups in total. The van der Waals surface area contributed by atoms with Crippen LogP contribution in [-0.2, 0) is 6.42 Å². The fourth-order valence-corrected chi connectivity index (χ4v) is 2.92. The van der Waals surface area contributed by atoms with Gasteiger partial charge in [0.15, 0.2) is 5.82 Å². The van der Waals surface area contributed by atoms with Crippen molar-refractivity contribution < 1.29 is 4.52 Å². The van der Waals surface area contributed by atoms with Gasteiger partial charge in [-0.25, -0.2) is 0 Å². The van der Waals surface area contributed by atoms with Gasteiger partial charge in [-0.1, -0.05) is 46.8 Å². The van der Waals surface area contributed by atoms with Gasteiger partial charge in [-0.15, -0.1) is 10.2 Å². The van der Waals surface area contributed by atoms with E-state index in [2.05, 4.69) is 25.7 Å². The molecule has 1 aliphatic carbocycles. The first kappa shape index (κ1) is 13.4. The number of anilines is 1. The lowest BCUT2D eigenvalue weighted by Crippen LogP contribution is -2.04. The van der Waals surface area contributed by atoms with Crippen LogP contribution in [0.1, 0.15) is 30.5 Å². The summed E-state index contributed by atoms with van der Waals surface area (Å²) in [6, 6.07) is 10.0. The smallest absolute Gasteiger partial charge is 0.228 e. The Kier molecular flexibility index (Phi) is 3.56. The highest BCUT2D eigenvalue weighted by molar-refractivity contribution is 7.18. The van der Waals surface area contributed by atoms with Crippen LogP contribution in [0.3, 0.4) is 0 Å². The predicted octanol–water partition coefficient (Wildman–Crippen LogP) is 3.12. The highest BCUT2D eigenvalue weighted by Gasteiger charge is 2.28. The van der Waals surface area contributed by atoms with Crippen LogP contribution >= 0.6 is 11.3 Å². The van der Waals surface area contributed by atoms with Gasteiger partial charge >= 0.3 is 0 Å². The number of nitrogens with zero attached hydrogens (tertiary/aromatic N) is 4. The summed E-state index contributed by atoms with van der Waals surface area (Å²) in [5.41, 5.74) is 1.08. The van der Waals surface area contributed by atoms with E-state index in [1.165, 1.54) is 12.8 Å². The molecule has 0 spiro atoms. The second kappa shape index (κ2) is 5.84. The molecule has 0 bridgehead atoms. The molecule has 1 saturated carbocycles. The Morgan fingerprint density at radius 1 is 1.18 bits per heavy atom. The molecule has 2 aromatic heterocycles. The molecular weight excluding hydrogens is 298 g/mol. The van der Waals surface area contributed by atoms with Crippen molar-refractivity contribution in [3.63, 3.8) is 0 Å². The van der Waals surface area contributed by atoms with Crippen molar-refractivity contribution in [2.75, 3.05) is 11.9 Å². The first-order valence-electron chi connectivity index (χ1n) is 7.34. The summed E-state index contributed by atoms with van der Waals surface area (Å²) in [4.78, 5) is 4.41. The summed E-state index contributed by atoms with van der Waals surface area (Å²) < 4.78 is 5.24. The van der Waals surface area contributed by atoms with Crippen LogP contribution < -0.4 is 5.32 Å². The molecule has 0 unspecified atom stereocenters. The Morgan fingerprint density at radius 3 is 2.86 bits per heavy atom. The van der Waals surface area contributed by atoms with Crippen LogP contribution in [0, 0.1) is 0 Å².